The molecule has 0 saturated heterocycles. The third-order valence-corrected chi connectivity index (χ3v) is 2.21. The van der Waals surface area contributed by atoms with Gasteiger partial charge in [0.15, 0.2) is 0 Å². The van der Waals surface area contributed by atoms with Crippen molar-refractivity contribution in [3.63, 3.8) is 0 Å². The van der Waals surface area contributed by atoms with Crippen molar-refractivity contribution in [1.29, 1.82) is 5.41 Å². The van der Waals surface area contributed by atoms with Gasteiger partial charge in [0.05, 0.1) is 0 Å². The molecule has 96 valence electrons. The zero-order valence-corrected chi connectivity index (χ0v) is 10.7. The first-order valence-corrected chi connectivity index (χ1v) is 5.38. The van der Waals surface area contributed by atoms with E-state index in [0.29, 0.717) is 5.56 Å². The number of guanidine groups is 2. The number of amides is 1. The molecular formula is C12H17N5O. The molecule has 1 rings (SSSR count). The van der Waals surface area contributed by atoms with Gasteiger partial charge >= 0.3 is 0 Å². The summed E-state index contributed by atoms with van der Waals surface area (Å²) >= 11 is 0. The second kappa shape index (κ2) is 5.81. The van der Waals surface area contributed by atoms with Crippen molar-refractivity contribution in [3.8, 4) is 0 Å². The highest BCUT2D eigenvalue weighted by molar-refractivity contribution is 6.07. The lowest BCUT2D eigenvalue weighted by atomic mass is 10.1. The van der Waals surface area contributed by atoms with Crippen LogP contribution in [0.4, 0.5) is 0 Å². The van der Waals surface area contributed by atoms with Gasteiger partial charge < -0.3 is 10.6 Å². The van der Waals surface area contributed by atoms with Crippen molar-refractivity contribution < 1.29 is 4.79 Å². The number of nitrogens with two attached hydrogens (primary N) is 1. The van der Waals surface area contributed by atoms with Gasteiger partial charge in [-0.3, -0.25) is 15.5 Å². The second-order valence-electron chi connectivity index (χ2n) is 4.04. The maximum Gasteiger partial charge on any atom is 0.257 e. The summed E-state index contributed by atoms with van der Waals surface area (Å²) in [5.74, 6) is -0.473. The Hall–Kier alpha value is -2.37. The molecule has 18 heavy (non-hydrogen) atoms. The lowest BCUT2D eigenvalue weighted by Gasteiger charge is -2.10. The molecule has 0 aliphatic heterocycles. The van der Waals surface area contributed by atoms with Crippen LogP contribution in [0.3, 0.4) is 0 Å². The van der Waals surface area contributed by atoms with Gasteiger partial charge in [-0.15, -0.1) is 0 Å². The van der Waals surface area contributed by atoms with Gasteiger partial charge in [0.1, 0.15) is 0 Å². The summed E-state index contributed by atoms with van der Waals surface area (Å²) in [7, 11) is 3.34. The van der Waals surface area contributed by atoms with Crippen LogP contribution >= 0.6 is 0 Å². The summed E-state index contributed by atoms with van der Waals surface area (Å²) < 4.78 is 0. The van der Waals surface area contributed by atoms with Crippen LogP contribution in [-0.2, 0) is 0 Å². The number of aryl methyl sites for hydroxylation is 1. The highest BCUT2D eigenvalue weighted by atomic mass is 16.1. The Morgan fingerprint density at radius 1 is 1.33 bits per heavy atom. The number of benzene rings is 1. The van der Waals surface area contributed by atoms with Crippen LogP contribution < -0.4 is 11.1 Å². The molecule has 0 aromatic heterocycles. The van der Waals surface area contributed by atoms with E-state index < -0.39 is 0 Å². The molecule has 1 aromatic carbocycles. The quantitative estimate of drug-likeness (QED) is 0.499. The van der Waals surface area contributed by atoms with Crippen molar-refractivity contribution in [3.05, 3.63) is 35.4 Å². The topological polar surface area (TPSA) is 94.6 Å². The number of nitrogens with one attached hydrogen (secondary N) is 2. The summed E-state index contributed by atoms with van der Waals surface area (Å²) in [6.45, 7) is 1.94. The van der Waals surface area contributed by atoms with E-state index in [-0.39, 0.29) is 17.8 Å². The predicted molar refractivity (Wildman–Crippen MR) is 71.7 cm³/mol. The van der Waals surface area contributed by atoms with Gasteiger partial charge in [-0.2, -0.15) is 4.99 Å². The molecule has 6 heteroatoms. The summed E-state index contributed by atoms with van der Waals surface area (Å²) in [4.78, 5) is 17.0. The fraction of sp³-hybridized carbons (Fsp3) is 0.250. The van der Waals surface area contributed by atoms with E-state index in [2.05, 4.69) is 10.3 Å². The van der Waals surface area contributed by atoms with Crippen molar-refractivity contribution >= 4 is 17.8 Å². The maximum absolute atomic E-state index is 11.8. The zero-order chi connectivity index (χ0) is 13.7. The van der Waals surface area contributed by atoms with Crippen molar-refractivity contribution in [2.24, 2.45) is 10.7 Å². The molecule has 1 aromatic rings. The largest absolute Gasteiger partial charge is 0.369 e. The monoisotopic (exact) mass is 247 g/mol. The smallest absolute Gasteiger partial charge is 0.257 e. The Labute approximate surface area is 106 Å². The average Bonchev–Trinajstić information content (AvgIpc) is 2.29. The molecular weight excluding hydrogens is 230 g/mol. The van der Waals surface area contributed by atoms with Gasteiger partial charge in [0, 0.05) is 19.7 Å². The molecule has 0 radical (unpaired) electrons. The van der Waals surface area contributed by atoms with Gasteiger partial charge in [-0.05, 0) is 19.1 Å². The Balaban J connectivity index is 2.70. The van der Waals surface area contributed by atoms with E-state index in [1.165, 1.54) is 4.90 Å². The fourth-order valence-corrected chi connectivity index (χ4v) is 1.14. The Morgan fingerprint density at radius 2 is 1.89 bits per heavy atom. The first kappa shape index (κ1) is 13.7. The molecule has 0 spiro atoms. The minimum absolute atomic E-state index is 0.0308. The summed E-state index contributed by atoms with van der Waals surface area (Å²) in [6.07, 6.45) is 0. The number of carbonyl (C=O) groups is 1. The molecule has 4 N–H and O–H groups in total. The summed E-state index contributed by atoms with van der Waals surface area (Å²) in [5.41, 5.74) is 7.10. The Bertz CT molecular complexity index is 476. The second-order valence-corrected chi connectivity index (χ2v) is 4.04. The van der Waals surface area contributed by atoms with Crippen molar-refractivity contribution in [2.45, 2.75) is 6.92 Å². The number of nitrogens with zero attached hydrogens (tertiary/aromatic N) is 2. The van der Waals surface area contributed by atoms with Crippen LogP contribution in [0.5, 0.6) is 0 Å². The molecule has 0 saturated carbocycles. The molecule has 0 atom stereocenters. The molecule has 6 nitrogen and oxygen atoms in total. The van der Waals surface area contributed by atoms with E-state index in [0.717, 1.165) is 5.56 Å². The Morgan fingerprint density at radius 3 is 2.39 bits per heavy atom. The van der Waals surface area contributed by atoms with E-state index in [1.807, 2.05) is 19.1 Å². The standard InChI is InChI=1S/C12H17N5O/c1-8-4-6-9(7-5-8)10(18)15-11(13)16-12(14)17(2)3/h4-7H,1-3H3,(H4,13,14,15,16,18). The number of aliphatic imine (C=N–C) groups is 1. The lowest BCUT2D eigenvalue weighted by molar-refractivity contribution is 0.0976. The third kappa shape index (κ3) is 3.89. The predicted octanol–water partition coefficient (Wildman–Crippen LogP) is 0.536. The van der Waals surface area contributed by atoms with E-state index in [9.17, 15) is 4.79 Å². The molecule has 0 aliphatic carbocycles. The highest BCUT2D eigenvalue weighted by Crippen LogP contribution is 2.02. The highest BCUT2D eigenvalue weighted by Gasteiger charge is 2.07. The molecule has 0 bridgehead atoms. The van der Waals surface area contributed by atoms with E-state index >= 15 is 0 Å². The van der Waals surface area contributed by atoms with Gasteiger partial charge in [-0.1, -0.05) is 17.7 Å². The molecule has 0 heterocycles. The summed E-state index contributed by atoms with van der Waals surface area (Å²) in [5, 5.41) is 9.88. The van der Waals surface area contributed by atoms with Crippen LogP contribution in [0.25, 0.3) is 0 Å². The van der Waals surface area contributed by atoms with E-state index in [1.54, 1.807) is 26.2 Å². The van der Waals surface area contributed by atoms with Gasteiger partial charge in [0.25, 0.3) is 5.91 Å². The number of carbonyl (C=O) groups excluding carboxylic acids is 1. The zero-order valence-electron chi connectivity index (χ0n) is 10.7. The normalized spacial score (nSPS) is 10.9. The van der Waals surface area contributed by atoms with E-state index in [4.69, 9.17) is 11.1 Å². The first-order chi connectivity index (χ1) is 8.40. The van der Waals surface area contributed by atoms with Crippen molar-refractivity contribution in [2.75, 3.05) is 14.1 Å². The minimum atomic E-state index is -0.345. The van der Waals surface area contributed by atoms with Crippen LogP contribution in [0.15, 0.2) is 29.3 Å². The van der Waals surface area contributed by atoms with Crippen LogP contribution in [-0.4, -0.2) is 36.8 Å². The number of hydrogen-bond donors (Lipinski definition) is 3. The van der Waals surface area contributed by atoms with Gasteiger partial charge in [0.2, 0.25) is 11.9 Å². The number of hydrogen-bond acceptors (Lipinski definition) is 2. The number of rotatable bonds is 1. The first-order valence-electron chi connectivity index (χ1n) is 5.38. The van der Waals surface area contributed by atoms with Crippen LogP contribution in [0, 0.1) is 12.3 Å². The fourth-order valence-electron chi connectivity index (χ4n) is 1.14. The maximum atomic E-state index is 11.8. The van der Waals surface area contributed by atoms with Crippen LogP contribution in [0.1, 0.15) is 15.9 Å². The average molecular weight is 247 g/mol. The molecule has 0 fully saturated rings. The van der Waals surface area contributed by atoms with Crippen molar-refractivity contribution in [1.82, 2.24) is 10.2 Å². The Kier molecular flexibility index (Phi) is 4.42. The molecule has 0 unspecified atom stereocenters. The SMILES string of the molecule is Cc1ccc(C(=O)N/C(N)=N/C(=N)N(C)C)cc1. The lowest BCUT2D eigenvalue weighted by Crippen LogP contribution is -2.38. The molecule has 0 aliphatic rings. The van der Waals surface area contributed by atoms with Crippen LogP contribution in [0.2, 0.25) is 0 Å². The molecule has 1 amide bonds. The summed E-state index contributed by atoms with van der Waals surface area (Å²) in [6, 6.07) is 7.08. The minimum Gasteiger partial charge on any atom is -0.369 e. The van der Waals surface area contributed by atoms with Gasteiger partial charge in [-0.25, -0.2) is 0 Å². The third-order valence-electron chi connectivity index (χ3n) is 2.21.